The Morgan fingerprint density at radius 3 is 2.59 bits per heavy atom. The Balaban J connectivity index is 2.01. The van der Waals surface area contributed by atoms with E-state index in [0.29, 0.717) is 6.42 Å². The number of pyridine rings is 1. The molecule has 0 aliphatic rings. The highest BCUT2D eigenvalue weighted by atomic mass is 16.2. The topological polar surface area (TPSA) is 47.8 Å². The first-order chi connectivity index (χ1) is 8.16. The number of rotatable bonds is 3. The quantitative estimate of drug-likeness (QED) is 0.810. The molecule has 0 bridgehead atoms. The molecule has 0 fully saturated rings. The highest BCUT2D eigenvalue weighted by Crippen LogP contribution is 2.06. The zero-order valence-corrected chi connectivity index (χ0v) is 10.1. The molecule has 0 saturated carbocycles. The molecular formula is C13H15N3O. The molecule has 2 rings (SSSR count). The summed E-state index contributed by atoms with van der Waals surface area (Å²) < 4.78 is 1.48. The lowest BCUT2D eigenvalue weighted by Gasteiger charge is -2.03. The zero-order chi connectivity index (χ0) is 12.3. The maximum absolute atomic E-state index is 11.9. The van der Waals surface area contributed by atoms with Crippen LogP contribution in [0, 0.1) is 13.8 Å². The fourth-order valence-corrected chi connectivity index (χ4v) is 1.79. The molecule has 0 N–H and O–H groups in total. The van der Waals surface area contributed by atoms with Crippen LogP contribution in [0.1, 0.15) is 28.2 Å². The Labute approximate surface area is 100 Å². The number of aromatic nitrogens is 3. The average Bonchev–Trinajstić information content (AvgIpc) is 2.67. The second-order valence-corrected chi connectivity index (χ2v) is 4.09. The molecule has 0 atom stereocenters. The van der Waals surface area contributed by atoms with Gasteiger partial charge in [0.2, 0.25) is 5.91 Å². The van der Waals surface area contributed by atoms with Crippen molar-refractivity contribution in [3.8, 4) is 0 Å². The van der Waals surface area contributed by atoms with Gasteiger partial charge >= 0.3 is 0 Å². The first-order valence-electron chi connectivity index (χ1n) is 5.62. The van der Waals surface area contributed by atoms with Gasteiger partial charge in [-0.15, -0.1) is 0 Å². The molecular weight excluding hydrogens is 214 g/mol. The van der Waals surface area contributed by atoms with Gasteiger partial charge < -0.3 is 0 Å². The largest absolute Gasteiger partial charge is 0.273 e. The third-order valence-electron chi connectivity index (χ3n) is 2.62. The number of hydrogen-bond donors (Lipinski definition) is 0. The minimum atomic E-state index is 0.0346. The summed E-state index contributed by atoms with van der Waals surface area (Å²) in [7, 11) is 0. The van der Waals surface area contributed by atoms with Crippen molar-refractivity contribution in [1.82, 2.24) is 14.8 Å². The number of nitrogens with zero attached hydrogens (tertiary/aromatic N) is 3. The third kappa shape index (κ3) is 2.78. The summed E-state index contributed by atoms with van der Waals surface area (Å²) in [6.45, 7) is 3.78. The molecule has 0 aliphatic carbocycles. The van der Waals surface area contributed by atoms with Gasteiger partial charge in [0.05, 0.1) is 5.69 Å². The number of aryl methyl sites for hydroxylation is 3. The normalized spacial score (nSPS) is 10.5. The van der Waals surface area contributed by atoms with E-state index in [1.165, 1.54) is 4.68 Å². The van der Waals surface area contributed by atoms with E-state index in [9.17, 15) is 4.79 Å². The summed E-state index contributed by atoms with van der Waals surface area (Å²) in [5.41, 5.74) is 2.89. The van der Waals surface area contributed by atoms with Gasteiger partial charge in [-0.2, -0.15) is 5.10 Å². The van der Waals surface area contributed by atoms with Gasteiger partial charge in [0.1, 0.15) is 0 Å². The van der Waals surface area contributed by atoms with Crippen LogP contribution in [0.2, 0.25) is 0 Å². The SMILES string of the molecule is Cc1cc(C)n(C(=O)CCc2ccncc2)n1. The number of hydrogen-bond acceptors (Lipinski definition) is 3. The Morgan fingerprint density at radius 1 is 1.29 bits per heavy atom. The van der Waals surface area contributed by atoms with Crippen LogP contribution < -0.4 is 0 Å². The van der Waals surface area contributed by atoms with Gasteiger partial charge in [0, 0.05) is 24.5 Å². The lowest BCUT2D eigenvalue weighted by atomic mass is 10.1. The molecule has 0 aromatic carbocycles. The average molecular weight is 229 g/mol. The first-order valence-corrected chi connectivity index (χ1v) is 5.62. The summed E-state index contributed by atoms with van der Waals surface area (Å²) in [6, 6.07) is 5.76. The van der Waals surface area contributed by atoms with E-state index < -0.39 is 0 Å². The number of carbonyl (C=O) groups excluding carboxylic acids is 1. The smallest absolute Gasteiger partial charge is 0.247 e. The summed E-state index contributed by atoms with van der Waals surface area (Å²) in [5, 5.41) is 4.18. The molecule has 0 aliphatic heterocycles. The minimum absolute atomic E-state index is 0.0346. The van der Waals surface area contributed by atoms with E-state index in [0.717, 1.165) is 23.4 Å². The van der Waals surface area contributed by atoms with Crippen LogP contribution in [0.5, 0.6) is 0 Å². The van der Waals surface area contributed by atoms with Crippen molar-refractivity contribution in [2.24, 2.45) is 0 Å². The van der Waals surface area contributed by atoms with Crippen molar-refractivity contribution in [3.05, 3.63) is 47.5 Å². The monoisotopic (exact) mass is 229 g/mol. The molecule has 2 aromatic rings. The Kier molecular flexibility index (Phi) is 3.32. The van der Waals surface area contributed by atoms with Gasteiger partial charge in [0.15, 0.2) is 0 Å². The Bertz CT molecular complexity index is 517. The molecule has 0 spiro atoms. The predicted octanol–water partition coefficient (Wildman–Crippen LogP) is 2.17. The van der Waals surface area contributed by atoms with Gasteiger partial charge in [0.25, 0.3) is 0 Å². The van der Waals surface area contributed by atoms with E-state index in [1.54, 1.807) is 12.4 Å². The number of carbonyl (C=O) groups is 1. The highest BCUT2D eigenvalue weighted by molar-refractivity contribution is 5.78. The van der Waals surface area contributed by atoms with Crippen LogP contribution >= 0.6 is 0 Å². The van der Waals surface area contributed by atoms with Crippen LogP contribution in [0.4, 0.5) is 0 Å². The molecule has 2 heterocycles. The van der Waals surface area contributed by atoms with Crippen LogP contribution in [-0.4, -0.2) is 20.7 Å². The Hall–Kier alpha value is -1.97. The van der Waals surface area contributed by atoms with E-state index in [-0.39, 0.29) is 5.91 Å². The van der Waals surface area contributed by atoms with Crippen molar-refractivity contribution in [3.63, 3.8) is 0 Å². The summed E-state index contributed by atoms with van der Waals surface area (Å²) in [5.74, 6) is 0.0346. The molecule has 17 heavy (non-hydrogen) atoms. The molecule has 4 nitrogen and oxygen atoms in total. The van der Waals surface area contributed by atoms with E-state index in [4.69, 9.17) is 0 Å². The lowest BCUT2D eigenvalue weighted by Crippen LogP contribution is -2.14. The van der Waals surface area contributed by atoms with Gasteiger partial charge in [-0.1, -0.05) is 0 Å². The zero-order valence-electron chi connectivity index (χ0n) is 10.1. The van der Waals surface area contributed by atoms with Crippen molar-refractivity contribution in [1.29, 1.82) is 0 Å². The van der Waals surface area contributed by atoms with E-state index in [1.807, 2.05) is 32.0 Å². The molecule has 0 amide bonds. The van der Waals surface area contributed by atoms with Crippen molar-refractivity contribution < 1.29 is 4.79 Å². The van der Waals surface area contributed by atoms with Crippen molar-refractivity contribution >= 4 is 5.91 Å². The second-order valence-electron chi connectivity index (χ2n) is 4.09. The summed E-state index contributed by atoms with van der Waals surface area (Å²) in [6.07, 6.45) is 4.66. The van der Waals surface area contributed by atoms with Crippen molar-refractivity contribution in [2.45, 2.75) is 26.7 Å². The fraction of sp³-hybridized carbons (Fsp3) is 0.308. The van der Waals surface area contributed by atoms with Crippen molar-refractivity contribution in [2.75, 3.05) is 0 Å². The summed E-state index contributed by atoms with van der Waals surface area (Å²) >= 11 is 0. The molecule has 88 valence electrons. The van der Waals surface area contributed by atoms with Gasteiger partial charge in [-0.25, -0.2) is 4.68 Å². The minimum Gasteiger partial charge on any atom is -0.273 e. The van der Waals surface area contributed by atoms with Gasteiger partial charge in [-0.05, 0) is 44.0 Å². The van der Waals surface area contributed by atoms with Gasteiger partial charge in [-0.3, -0.25) is 9.78 Å². The van der Waals surface area contributed by atoms with E-state index in [2.05, 4.69) is 10.1 Å². The fourth-order valence-electron chi connectivity index (χ4n) is 1.79. The van der Waals surface area contributed by atoms with E-state index >= 15 is 0 Å². The Morgan fingerprint density at radius 2 is 2.00 bits per heavy atom. The molecule has 4 heteroatoms. The molecule has 0 radical (unpaired) electrons. The molecule has 0 unspecified atom stereocenters. The third-order valence-corrected chi connectivity index (χ3v) is 2.62. The second kappa shape index (κ2) is 4.91. The highest BCUT2D eigenvalue weighted by Gasteiger charge is 2.09. The molecule has 0 saturated heterocycles. The lowest BCUT2D eigenvalue weighted by molar-refractivity contribution is 0.0884. The van der Waals surface area contributed by atoms with Crippen LogP contribution in [-0.2, 0) is 6.42 Å². The summed E-state index contributed by atoms with van der Waals surface area (Å²) in [4.78, 5) is 15.9. The first kappa shape index (κ1) is 11.5. The standard InChI is InChI=1S/C13H15N3O/c1-10-9-11(2)16(15-10)13(17)4-3-12-5-7-14-8-6-12/h5-9H,3-4H2,1-2H3. The van der Waals surface area contributed by atoms with Crippen LogP contribution in [0.25, 0.3) is 0 Å². The van der Waals surface area contributed by atoms with Crippen LogP contribution in [0.3, 0.4) is 0 Å². The predicted molar refractivity (Wildman–Crippen MR) is 64.9 cm³/mol. The maximum Gasteiger partial charge on any atom is 0.247 e. The molecule has 2 aromatic heterocycles. The maximum atomic E-state index is 11.9. The van der Waals surface area contributed by atoms with Crippen LogP contribution in [0.15, 0.2) is 30.6 Å².